The van der Waals surface area contributed by atoms with E-state index in [4.69, 9.17) is 4.74 Å². The SMILES string of the molecule is CS(=O)(=O)c1ccc(C(O)CNCC2Cc3ccccc3O2)cc1. The second-order valence-electron chi connectivity index (χ2n) is 6.07. The summed E-state index contributed by atoms with van der Waals surface area (Å²) in [6.45, 7) is 1.03. The van der Waals surface area contributed by atoms with Crippen molar-refractivity contribution >= 4 is 9.84 Å². The Morgan fingerprint density at radius 2 is 1.92 bits per heavy atom. The topological polar surface area (TPSA) is 75.6 Å². The van der Waals surface area contributed by atoms with E-state index in [1.807, 2.05) is 18.2 Å². The predicted octanol–water partition coefficient (Wildman–Crippen LogP) is 1.72. The van der Waals surface area contributed by atoms with Crippen LogP contribution < -0.4 is 10.1 Å². The molecule has 0 aliphatic carbocycles. The fourth-order valence-electron chi connectivity index (χ4n) is 2.80. The van der Waals surface area contributed by atoms with Gasteiger partial charge < -0.3 is 15.2 Å². The van der Waals surface area contributed by atoms with E-state index in [-0.39, 0.29) is 11.0 Å². The molecule has 3 rings (SSSR count). The van der Waals surface area contributed by atoms with Gasteiger partial charge in [-0.3, -0.25) is 0 Å². The first-order valence-corrected chi connectivity index (χ1v) is 9.76. The Morgan fingerprint density at radius 3 is 2.58 bits per heavy atom. The van der Waals surface area contributed by atoms with Gasteiger partial charge in [0.1, 0.15) is 11.9 Å². The maximum atomic E-state index is 11.4. The van der Waals surface area contributed by atoms with E-state index in [0.717, 1.165) is 12.2 Å². The molecule has 5 nitrogen and oxygen atoms in total. The Balaban J connectivity index is 1.49. The first-order chi connectivity index (χ1) is 11.4. The number of sulfone groups is 1. The summed E-state index contributed by atoms with van der Waals surface area (Å²) in [6.07, 6.45) is 1.41. The van der Waals surface area contributed by atoms with Crippen LogP contribution in [0.15, 0.2) is 53.4 Å². The van der Waals surface area contributed by atoms with Crippen molar-refractivity contribution in [2.24, 2.45) is 0 Å². The average Bonchev–Trinajstić information content (AvgIpc) is 2.96. The highest BCUT2D eigenvalue weighted by Crippen LogP contribution is 2.27. The van der Waals surface area contributed by atoms with Crippen LogP contribution in [0.5, 0.6) is 5.75 Å². The molecule has 0 fully saturated rings. The molecule has 2 aromatic rings. The van der Waals surface area contributed by atoms with Crippen molar-refractivity contribution in [3.8, 4) is 5.75 Å². The minimum atomic E-state index is -3.21. The first kappa shape index (κ1) is 17.0. The van der Waals surface area contributed by atoms with E-state index in [0.29, 0.717) is 18.7 Å². The molecule has 2 N–H and O–H groups in total. The van der Waals surface area contributed by atoms with Crippen molar-refractivity contribution < 1.29 is 18.3 Å². The molecule has 0 saturated heterocycles. The Bertz CT molecular complexity index is 777. The number of nitrogens with one attached hydrogen (secondary N) is 1. The summed E-state index contributed by atoms with van der Waals surface area (Å²) in [5.41, 5.74) is 1.90. The minimum Gasteiger partial charge on any atom is -0.488 e. The summed E-state index contributed by atoms with van der Waals surface area (Å²) in [5.74, 6) is 0.932. The van der Waals surface area contributed by atoms with Crippen LogP contribution in [0.2, 0.25) is 0 Å². The van der Waals surface area contributed by atoms with Gasteiger partial charge in [-0.2, -0.15) is 0 Å². The molecule has 128 valence electrons. The molecule has 24 heavy (non-hydrogen) atoms. The lowest BCUT2D eigenvalue weighted by Gasteiger charge is -2.15. The quantitative estimate of drug-likeness (QED) is 0.832. The van der Waals surface area contributed by atoms with Gasteiger partial charge in [-0.05, 0) is 29.3 Å². The van der Waals surface area contributed by atoms with Gasteiger partial charge in [-0.15, -0.1) is 0 Å². The third kappa shape index (κ3) is 3.95. The van der Waals surface area contributed by atoms with Crippen LogP contribution in [0.25, 0.3) is 0 Å². The number of rotatable bonds is 6. The summed E-state index contributed by atoms with van der Waals surface area (Å²) >= 11 is 0. The molecule has 0 spiro atoms. The molecule has 0 aromatic heterocycles. The van der Waals surface area contributed by atoms with Gasteiger partial charge >= 0.3 is 0 Å². The Morgan fingerprint density at radius 1 is 1.21 bits per heavy atom. The number of hydrogen-bond donors (Lipinski definition) is 2. The normalized spacial score (nSPS) is 18.0. The third-order valence-corrected chi connectivity index (χ3v) is 5.25. The summed E-state index contributed by atoms with van der Waals surface area (Å²) in [5, 5.41) is 13.4. The minimum absolute atomic E-state index is 0.0715. The molecule has 2 unspecified atom stereocenters. The number of ether oxygens (including phenoxy) is 1. The number of aliphatic hydroxyl groups excluding tert-OH is 1. The van der Waals surface area contributed by atoms with Crippen molar-refractivity contribution in [3.05, 3.63) is 59.7 Å². The highest BCUT2D eigenvalue weighted by atomic mass is 32.2. The number of aliphatic hydroxyl groups is 1. The van der Waals surface area contributed by atoms with Crippen molar-refractivity contribution in [2.75, 3.05) is 19.3 Å². The first-order valence-electron chi connectivity index (χ1n) is 7.87. The molecule has 0 amide bonds. The number of fused-ring (bicyclic) bond motifs is 1. The van der Waals surface area contributed by atoms with Crippen LogP contribution >= 0.6 is 0 Å². The Labute approximate surface area is 142 Å². The molecule has 1 aliphatic rings. The second-order valence-corrected chi connectivity index (χ2v) is 8.08. The zero-order valence-corrected chi connectivity index (χ0v) is 14.3. The highest BCUT2D eigenvalue weighted by Gasteiger charge is 2.22. The van der Waals surface area contributed by atoms with Crippen LogP contribution in [-0.4, -0.2) is 39.0 Å². The van der Waals surface area contributed by atoms with Crippen LogP contribution in [0.4, 0.5) is 0 Å². The van der Waals surface area contributed by atoms with Gasteiger partial charge in [-0.25, -0.2) is 8.42 Å². The highest BCUT2D eigenvalue weighted by molar-refractivity contribution is 7.90. The van der Waals surface area contributed by atoms with E-state index in [2.05, 4.69) is 11.4 Å². The van der Waals surface area contributed by atoms with Gasteiger partial charge in [0.2, 0.25) is 0 Å². The molecular weight excluding hydrogens is 326 g/mol. The van der Waals surface area contributed by atoms with Gasteiger partial charge in [0.25, 0.3) is 0 Å². The van der Waals surface area contributed by atoms with Gasteiger partial charge in [0, 0.05) is 25.8 Å². The zero-order valence-electron chi connectivity index (χ0n) is 13.5. The third-order valence-electron chi connectivity index (χ3n) is 4.12. The van der Waals surface area contributed by atoms with E-state index in [1.165, 1.54) is 24.0 Å². The monoisotopic (exact) mass is 347 g/mol. The largest absolute Gasteiger partial charge is 0.488 e. The van der Waals surface area contributed by atoms with Crippen LogP contribution in [0.1, 0.15) is 17.2 Å². The van der Waals surface area contributed by atoms with Crippen molar-refractivity contribution in [2.45, 2.75) is 23.5 Å². The molecule has 0 bridgehead atoms. The van der Waals surface area contributed by atoms with Gasteiger partial charge in [0.05, 0.1) is 11.0 Å². The average molecular weight is 347 g/mol. The predicted molar refractivity (Wildman–Crippen MR) is 91.9 cm³/mol. The van der Waals surface area contributed by atoms with Crippen molar-refractivity contribution in [3.63, 3.8) is 0 Å². The lowest BCUT2D eigenvalue weighted by molar-refractivity contribution is 0.163. The van der Waals surface area contributed by atoms with E-state index in [1.54, 1.807) is 12.1 Å². The van der Waals surface area contributed by atoms with E-state index < -0.39 is 15.9 Å². The number of hydrogen-bond acceptors (Lipinski definition) is 5. The molecule has 0 radical (unpaired) electrons. The lowest BCUT2D eigenvalue weighted by atomic mass is 10.1. The lowest BCUT2D eigenvalue weighted by Crippen LogP contribution is -2.32. The number of para-hydroxylation sites is 1. The summed E-state index contributed by atoms with van der Waals surface area (Å²) in [4.78, 5) is 0.253. The van der Waals surface area contributed by atoms with Crippen molar-refractivity contribution in [1.29, 1.82) is 0 Å². The second kappa shape index (κ2) is 6.93. The molecule has 1 aliphatic heterocycles. The fourth-order valence-corrected chi connectivity index (χ4v) is 3.43. The standard InChI is InChI=1S/C18H21NO4S/c1-24(21,22)16-8-6-13(7-9-16)17(20)12-19-11-15-10-14-4-2-3-5-18(14)23-15/h2-9,15,17,19-20H,10-12H2,1H3. The van der Waals surface area contributed by atoms with E-state index in [9.17, 15) is 13.5 Å². The van der Waals surface area contributed by atoms with Crippen LogP contribution in [0, 0.1) is 0 Å². The summed E-state index contributed by atoms with van der Waals surface area (Å²) in [6, 6.07) is 14.3. The molecule has 0 saturated carbocycles. The molecule has 6 heteroatoms. The number of benzene rings is 2. The smallest absolute Gasteiger partial charge is 0.175 e. The zero-order chi connectivity index (χ0) is 17.2. The molecule has 1 heterocycles. The maximum absolute atomic E-state index is 11.4. The molecule has 2 atom stereocenters. The maximum Gasteiger partial charge on any atom is 0.175 e. The Hall–Kier alpha value is -1.89. The Kier molecular flexibility index (Phi) is 4.89. The fraction of sp³-hybridized carbons (Fsp3) is 0.333. The summed E-state index contributed by atoms with van der Waals surface area (Å²) < 4.78 is 28.7. The van der Waals surface area contributed by atoms with Crippen LogP contribution in [0.3, 0.4) is 0 Å². The van der Waals surface area contributed by atoms with E-state index >= 15 is 0 Å². The molecule has 2 aromatic carbocycles. The van der Waals surface area contributed by atoms with Gasteiger partial charge in [0.15, 0.2) is 9.84 Å². The van der Waals surface area contributed by atoms with Gasteiger partial charge in [-0.1, -0.05) is 30.3 Å². The summed E-state index contributed by atoms with van der Waals surface area (Å²) in [7, 11) is -3.21. The van der Waals surface area contributed by atoms with Crippen molar-refractivity contribution in [1.82, 2.24) is 5.32 Å². The van der Waals surface area contributed by atoms with Crippen LogP contribution in [-0.2, 0) is 16.3 Å². The molecular formula is C18H21NO4S.